The summed E-state index contributed by atoms with van der Waals surface area (Å²) < 4.78 is 5.13. The predicted molar refractivity (Wildman–Crippen MR) is 115 cm³/mol. The fourth-order valence-electron chi connectivity index (χ4n) is 2.32. The molecule has 26 heavy (non-hydrogen) atoms. The number of benzene rings is 1. The van der Waals surface area contributed by atoms with Gasteiger partial charge in [0.2, 0.25) is 5.88 Å². The highest BCUT2D eigenvalue weighted by atomic mass is 127. The molecule has 0 aliphatic heterocycles. The van der Waals surface area contributed by atoms with Gasteiger partial charge in [0.1, 0.15) is 5.60 Å². The maximum Gasteiger partial charge on any atom is 0.213 e. The Balaban J connectivity index is 0.00000338. The molecule has 1 aromatic carbocycles. The summed E-state index contributed by atoms with van der Waals surface area (Å²) in [5, 5.41) is 17.0. The molecule has 0 radical (unpaired) electrons. The molecule has 0 amide bonds. The van der Waals surface area contributed by atoms with Gasteiger partial charge in [-0.05, 0) is 25.5 Å². The third kappa shape index (κ3) is 6.80. The Morgan fingerprint density at radius 2 is 1.88 bits per heavy atom. The molecule has 2 rings (SSSR count). The minimum absolute atomic E-state index is 0. The molecule has 0 aliphatic rings. The summed E-state index contributed by atoms with van der Waals surface area (Å²) >= 11 is 0. The third-order valence-electron chi connectivity index (χ3n) is 3.73. The van der Waals surface area contributed by atoms with Crippen molar-refractivity contribution in [3.63, 3.8) is 0 Å². The number of hydrogen-bond donors (Lipinski definition) is 3. The van der Waals surface area contributed by atoms with E-state index in [1.54, 1.807) is 20.1 Å². The van der Waals surface area contributed by atoms with Gasteiger partial charge in [-0.25, -0.2) is 9.98 Å². The smallest absolute Gasteiger partial charge is 0.213 e. The van der Waals surface area contributed by atoms with Gasteiger partial charge in [-0.2, -0.15) is 0 Å². The van der Waals surface area contributed by atoms with Gasteiger partial charge in [-0.3, -0.25) is 0 Å². The van der Waals surface area contributed by atoms with E-state index in [2.05, 4.69) is 20.6 Å². The second-order valence-corrected chi connectivity index (χ2v) is 5.86. The van der Waals surface area contributed by atoms with Gasteiger partial charge in [-0.1, -0.05) is 36.4 Å². The Morgan fingerprint density at radius 1 is 1.15 bits per heavy atom. The molecule has 0 bridgehead atoms. The number of methoxy groups -OCH3 is 1. The molecule has 0 saturated heterocycles. The Hall–Kier alpha value is -1.87. The molecule has 0 spiro atoms. The van der Waals surface area contributed by atoms with E-state index in [1.165, 1.54) is 0 Å². The quantitative estimate of drug-likeness (QED) is 0.330. The molecule has 1 unspecified atom stereocenters. The molecule has 2 aromatic rings. The van der Waals surface area contributed by atoms with Crippen molar-refractivity contribution in [2.24, 2.45) is 4.99 Å². The second-order valence-electron chi connectivity index (χ2n) is 5.86. The lowest BCUT2D eigenvalue weighted by atomic mass is 9.96. The van der Waals surface area contributed by atoms with Crippen molar-refractivity contribution >= 4 is 29.9 Å². The van der Waals surface area contributed by atoms with Crippen LogP contribution >= 0.6 is 24.0 Å². The highest BCUT2D eigenvalue weighted by molar-refractivity contribution is 14.0. The van der Waals surface area contributed by atoms with E-state index in [0.717, 1.165) is 17.8 Å². The fraction of sp³-hybridized carbons (Fsp3) is 0.368. The van der Waals surface area contributed by atoms with Crippen LogP contribution in [0.5, 0.6) is 5.88 Å². The average Bonchev–Trinajstić information content (AvgIpc) is 2.65. The number of rotatable bonds is 7. The van der Waals surface area contributed by atoms with E-state index in [-0.39, 0.29) is 24.0 Å². The molecule has 7 heteroatoms. The molecular formula is C19H27IN4O2. The summed E-state index contributed by atoms with van der Waals surface area (Å²) in [5.74, 6) is 1.20. The number of guanidine groups is 1. The zero-order valence-electron chi connectivity index (χ0n) is 15.4. The lowest BCUT2D eigenvalue weighted by molar-refractivity contribution is 0.0617. The van der Waals surface area contributed by atoms with E-state index in [0.29, 0.717) is 24.9 Å². The van der Waals surface area contributed by atoms with Gasteiger partial charge >= 0.3 is 0 Å². The standard InChI is InChI=1S/C19H26N4O2.HI/c1-4-20-18(21-13-16-11-8-12-17(23-16)25-3)22-14-19(2,24)15-9-6-5-7-10-15;/h5-12,24H,4,13-14H2,1-3H3,(H2,20,21,22);1H. The van der Waals surface area contributed by atoms with Gasteiger partial charge in [0.25, 0.3) is 0 Å². The highest BCUT2D eigenvalue weighted by Crippen LogP contribution is 2.18. The number of nitrogens with zero attached hydrogens (tertiary/aromatic N) is 2. The Kier molecular flexibility index (Phi) is 9.36. The summed E-state index contributed by atoms with van der Waals surface area (Å²) in [4.78, 5) is 8.87. The van der Waals surface area contributed by atoms with Gasteiger partial charge in [0, 0.05) is 12.6 Å². The molecular weight excluding hydrogens is 443 g/mol. The SMILES string of the molecule is CCNC(=NCc1cccc(OC)n1)NCC(C)(O)c1ccccc1.I. The van der Waals surface area contributed by atoms with Gasteiger partial charge in [-0.15, -0.1) is 24.0 Å². The molecule has 0 aliphatic carbocycles. The van der Waals surface area contributed by atoms with E-state index in [4.69, 9.17) is 4.74 Å². The molecule has 1 aromatic heterocycles. The Bertz CT molecular complexity index is 693. The van der Waals surface area contributed by atoms with Crippen LogP contribution in [0.1, 0.15) is 25.1 Å². The molecule has 0 fully saturated rings. The first kappa shape index (κ1) is 22.2. The number of ether oxygens (including phenoxy) is 1. The zero-order valence-corrected chi connectivity index (χ0v) is 17.7. The number of aliphatic hydroxyl groups is 1. The fourth-order valence-corrected chi connectivity index (χ4v) is 2.32. The van der Waals surface area contributed by atoms with Crippen LogP contribution in [0.25, 0.3) is 0 Å². The summed E-state index contributed by atoms with van der Waals surface area (Å²) in [6.45, 7) is 5.26. The Morgan fingerprint density at radius 3 is 2.54 bits per heavy atom. The summed E-state index contributed by atoms with van der Waals surface area (Å²) in [7, 11) is 1.59. The largest absolute Gasteiger partial charge is 0.481 e. The van der Waals surface area contributed by atoms with Crippen molar-refractivity contribution in [1.82, 2.24) is 15.6 Å². The molecule has 6 nitrogen and oxygen atoms in total. The number of pyridine rings is 1. The molecule has 3 N–H and O–H groups in total. The molecule has 1 heterocycles. The number of nitrogens with one attached hydrogen (secondary N) is 2. The topological polar surface area (TPSA) is 78.8 Å². The average molecular weight is 470 g/mol. The van der Waals surface area contributed by atoms with E-state index < -0.39 is 5.60 Å². The summed E-state index contributed by atoms with van der Waals surface area (Å²) in [5.41, 5.74) is 0.672. The third-order valence-corrected chi connectivity index (χ3v) is 3.73. The lowest BCUT2D eigenvalue weighted by Gasteiger charge is -2.25. The van der Waals surface area contributed by atoms with Gasteiger partial charge in [0.05, 0.1) is 25.9 Å². The zero-order chi connectivity index (χ0) is 18.1. The molecule has 142 valence electrons. The monoisotopic (exact) mass is 470 g/mol. The van der Waals surface area contributed by atoms with E-state index in [9.17, 15) is 5.11 Å². The van der Waals surface area contributed by atoms with Crippen molar-refractivity contribution in [3.8, 4) is 5.88 Å². The van der Waals surface area contributed by atoms with Crippen LogP contribution < -0.4 is 15.4 Å². The minimum atomic E-state index is -0.994. The first-order valence-electron chi connectivity index (χ1n) is 8.35. The predicted octanol–water partition coefficient (Wildman–Crippen LogP) is 2.67. The molecule has 1 atom stereocenters. The normalized spacial score (nSPS) is 13.3. The molecule has 0 saturated carbocycles. The van der Waals surface area contributed by atoms with Crippen LogP contribution in [0, 0.1) is 0 Å². The van der Waals surface area contributed by atoms with Crippen molar-refractivity contribution in [2.45, 2.75) is 26.0 Å². The second kappa shape index (κ2) is 11.0. The number of aliphatic imine (C=N–C) groups is 1. The van der Waals surface area contributed by atoms with E-state index >= 15 is 0 Å². The van der Waals surface area contributed by atoms with Crippen molar-refractivity contribution < 1.29 is 9.84 Å². The van der Waals surface area contributed by atoms with Crippen molar-refractivity contribution in [1.29, 1.82) is 0 Å². The summed E-state index contributed by atoms with van der Waals surface area (Å²) in [6, 6.07) is 15.2. The maximum atomic E-state index is 10.7. The number of aromatic nitrogens is 1. The van der Waals surface area contributed by atoms with Crippen LogP contribution in [-0.4, -0.2) is 36.2 Å². The van der Waals surface area contributed by atoms with Gasteiger partial charge < -0.3 is 20.5 Å². The van der Waals surface area contributed by atoms with Gasteiger partial charge in [0.15, 0.2) is 5.96 Å². The first-order chi connectivity index (χ1) is 12.0. The number of halogens is 1. The highest BCUT2D eigenvalue weighted by Gasteiger charge is 2.22. The van der Waals surface area contributed by atoms with Crippen molar-refractivity contribution in [3.05, 3.63) is 59.8 Å². The van der Waals surface area contributed by atoms with Crippen LogP contribution in [0.4, 0.5) is 0 Å². The summed E-state index contributed by atoms with van der Waals surface area (Å²) in [6.07, 6.45) is 0. The van der Waals surface area contributed by atoms with Crippen molar-refractivity contribution in [2.75, 3.05) is 20.2 Å². The van der Waals surface area contributed by atoms with Crippen LogP contribution in [-0.2, 0) is 12.1 Å². The number of hydrogen-bond acceptors (Lipinski definition) is 4. The first-order valence-corrected chi connectivity index (χ1v) is 8.35. The Labute approximate surface area is 172 Å². The minimum Gasteiger partial charge on any atom is -0.481 e. The van der Waals surface area contributed by atoms with Crippen LogP contribution in [0.3, 0.4) is 0 Å². The lowest BCUT2D eigenvalue weighted by Crippen LogP contribution is -2.44. The van der Waals surface area contributed by atoms with Crippen LogP contribution in [0.2, 0.25) is 0 Å². The maximum absolute atomic E-state index is 10.7. The van der Waals surface area contributed by atoms with Crippen LogP contribution in [0.15, 0.2) is 53.5 Å². The van der Waals surface area contributed by atoms with E-state index in [1.807, 2.05) is 49.4 Å².